The summed E-state index contributed by atoms with van der Waals surface area (Å²) in [5, 5.41) is 20.4. The number of carboxylic acids is 1. The van der Waals surface area contributed by atoms with Gasteiger partial charge in [-0.25, -0.2) is 19.0 Å². The van der Waals surface area contributed by atoms with E-state index < -0.39 is 40.4 Å². The standard InChI is InChI=1S/C34H54BFN6O6S/c1-11-22(3)34(8)27(42(31(46)48-34)16-13-12-15-41-20-25(38-39-41)29-37-14-17-49-29)24(5)40(9)19-21(2)18-32(6,47-10)26(35)23(4)28(43)33(7,36)30(44)45/h14,17,20-24,26-27H,11-13,15-16,18-19H2,1-10H3,(H,44,45)/t21-,22-,23+,24-,26-,27-,32-,33+,34-/m1/s1. The monoisotopic (exact) mass is 704 g/mol. The van der Waals surface area contributed by atoms with E-state index in [0.29, 0.717) is 26.1 Å². The first kappa shape index (κ1) is 40.5. The van der Waals surface area contributed by atoms with Crippen molar-refractivity contribution in [3.05, 3.63) is 17.8 Å². The predicted octanol–water partition coefficient (Wildman–Crippen LogP) is 5.53. The van der Waals surface area contributed by atoms with E-state index >= 15 is 0 Å². The number of aliphatic carboxylic acids is 1. The summed E-state index contributed by atoms with van der Waals surface area (Å²) in [6.07, 6.45) is 6.13. The molecule has 0 saturated carbocycles. The number of aromatic nitrogens is 4. The first-order valence-electron chi connectivity index (χ1n) is 17.1. The molecule has 0 aromatic carbocycles. The van der Waals surface area contributed by atoms with Crippen molar-refractivity contribution in [2.45, 2.75) is 122 Å². The van der Waals surface area contributed by atoms with Crippen LogP contribution in [-0.2, 0) is 25.6 Å². The largest absolute Gasteiger partial charge is 0.479 e. The molecule has 49 heavy (non-hydrogen) atoms. The first-order chi connectivity index (χ1) is 22.8. The number of methoxy groups -OCH3 is 1. The van der Waals surface area contributed by atoms with Crippen molar-refractivity contribution in [3.8, 4) is 10.7 Å². The zero-order valence-corrected chi connectivity index (χ0v) is 31.5. The molecule has 0 unspecified atom stereocenters. The number of carbonyl (C=O) groups is 3. The molecule has 1 N–H and O–H groups in total. The number of likely N-dealkylation sites (N-methyl/N-ethyl adjacent to an activating group) is 1. The van der Waals surface area contributed by atoms with Crippen molar-refractivity contribution in [1.82, 2.24) is 29.8 Å². The van der Waals surface area contributed by atoms with Gasteiger partial charge in [0.1, 0.15) is 16.3 Å². The summed E-state index contributed by atoms with van der Waals surface area (Å²) in [4.78, 5) is 46.0. The van der Waals surface area contributed by atoms with Crippen LogP contribution in [-0.4, -0.2) is 117 Å². The van der Waals surface area contributed by atoms with Gasteiger partial charge in [-0.2, -0.15) is 0 Å². The fourth-order valence-corrected chi connectivity index (χ4v) is 7.73. The molecular formula is C34H54BFN6O6S. The van der Waals surface area contributed by atoms with E-state index in [4.69, 9.17) is 17.3 Å². The fourth-order valence-electron chi connectivity index (χ4n) is 7.14. The highest BCUT2D eigenvalue weighted by atomic mass is 32.1. The molecule has 1 amide bonds. The number of hydrogen-bond acceptors (Lipinski definition) is 10. The van der Waals surface area contributed by atoms with Crippen molar-refractivity contribution in [2.75, 3.05) is 27.2 Å². The second kappa shape index (κ2) is 16.4. The third kappa shape index (κ3) is 8.88. The van der Waals surface area contributed by atoms with Crippen molar-refractivity contribution < 1.29 is 33.4 Å². The van der Waals surface area contributed by atoms with Crippen LogP contribution in [0.1, 0.15) is 81.1 Å². The van der Waals surface area contributed by atoms with E-state index in [-0.39, 0.29) is 30.0 Å². The molecule has 2 radical (unpaired) electrons. The zero-order chi connectivity index (χ0) is 36.9. The number of unbranched alkanes of at least 4 members (excludes halogenated alkanes) is 1. The van der Waals surface area contributed by atoms with Gasteiger partial charge in [0.2, 0.25) is 0 Å². The molecule has 15 heteroatoms. The lowest BCUT2D eigenvalue weighted by atomic mass is 9.62. The summed E-state index contributed by atoms with van der Waals surface area (Å²) in [6, 6.07) is -0.308. The number of ketones is 1. The number of aryl methyl sites for hydroxylation is 1. The van der Waals surface area contributed by atoms with Crippen molar-refractivity contribution in [3.63, 3.8) is 0 Å². The average molecular weight is 705 g/mol. The Hall–Kier alpha value is -2.91. The molecule has 9 atom stereocenters. The number of halogens is 1. The molecule has 1 aliphatic rings. The molecule has 3 rings (SSSR count). The molecule has 1 aliphatic heterocycles. The number of amides is 1. The minimum absolute atomic E-state index is 0.000243. The number of Topliss-reactive ketones (excluding diaryl/α,β-unsaturated/α-hetero) is 1. The number of ether oxygens (including phenoxy) is 2. The Kier molecular flexibility index (Phi) is 13.6. The second-order valence-electron chi connectivity index (χ2n) is 14.4. The molecule has 2 aromatic rings. The molecule has 272 valence electrons. The van der Waals surface area contributed by atoms with Crippen LogP contribution in [0.25, 0.3) is 10.7 Å². The lowest BCUT2D eigenvalue weighted by molar-refractivity contribution is -0.158. The van der Waals surface area contributed by atoms with Gasteiger partial charge in [0.25, 0.3) is 5.67 Å². The smallest absolute Gasteiger partial charge is 0.410 e. The number of hydrogen-bond donors (Lipinski definition) is 1. The van der Waals surface area contributed by atoms with E-state index in [9.17, 15) is 23.9 Å². The predicted molar refractivity (Wildman–Crippen MR) is 187 cm³/mol. The Morgan fingerprint density at radius 3 is 2.47 bits per heavy atom. The van der Waals surface area contributed by atoms with E-state index in [1.807, 2.05) is 37.4 Å². The maximum Gasteiger partial charge on any atom is 0.410 e. The molecule has 2 aromatic heterocycles. The highest BCUT2D eigenvalue weighted by molar-refractivity contribution is 7.13. The molecule has 0 aliphatic carbocycles. The highest BCUT2D eigenvalue weighted by Gasteiger charge is 2.56. The van der Waals surface area contributed by atoms with E-state index in [1.165, 1.54) is 25.4 Å². The minimum Gasteiger partial charge on any atom is -0.479 e. The number of alkyl halides is 1. The van der Waals surface area contributed by atoms with Gasteiger partial charge in [-0.05, 0) is 78.1 Å². The normalized spacial score (nSPS) is 23.7. The number of carboxylic acid groups (broad SMARTS) is 1. The Morgan fingerprint density at radius 2 is 1.90 bits per heavy atom. The molecule has 1 fully saturated rings. The highest BCUT2D eigenvalue weighted by Crippen LogP contribution is 2.42. The lowest BCUT2D eigenvalue weighted by Crippen LogP contribution is -2.58. The Bertz CT molecular complexity index is 1410. The first-order valence-corrected chi connectivity index (χ1v) is 18.0. The van der Waals surface area contributed by atoms with Crippen molar-refractivity contribution in [1.29, 1.82) is 0 Å². The summed E-state index contributed by atoms with van der Waals surface area (Å²) >= 11 is 1.51. The summed E-state index contributed by atoms with van der Waals surface area (Å²) in [5.74, 6) is -4.88. The lowest BCUT2D eigenvalue weighted by Gasteiger charge is -2.44. The van der Waals surface area contributed by atoms with Crippen LogP contribution >= 0.6 is 11.3 Å². The Labute approximate surface area is 295 Å². The van der Waals surface area contributed by atoms with Crippen LogP contribution < -0.4 is 0 Å². The molecular weight excluding hydrogens is 650 g/mol. The molecule has 12 nitrogen and oxygen atoms in total. The number of nitrogens with zero attached hydrogens (tertiary/aromatic N) is 6. The average Bonchev–Trinajstić information content (AvgIpc) is 3.81. The van der Waals surface area contributed by atoms with Gasteiger partial charge in [0.05, 0.1) is 25.7 Å². The summed E-state index contributed by atoms with van der Waals surface area (Å²) in [5.41, 5.74) is -4.06. The molecule has 0 bridgehead atoms. The van der Waals surface area contributed by atoms with Crippen molar-refractivity contribution in [2.24, 2.45) is 17.8 Å². The summed E-state index contributed by atoms with van der Waals surface area (Å²) in [6.45, 7) is 16.1. The van der Waals surface area contributed by atoms with Gasteiger partial charge >= 0.3 is 12.1 Å². The Balaban J connectivity index is 1.69. The maximum atomic E-state index is 14.7. The van der Waals surface area contributed by atoms with Crippen LogP contribution in [0.15, 0.2) is 17.8 Å². The van der Waals surface area contributed by atoms with E-state index in [2.05, 4.69) is 41.0 Å². The quantitative estimate of drug-likeness (QED) is 0.106. The summed E-state index contributed by atoms with van der Waals surface area (Å²) < 4.78 is 28.5. The number of thiazole rings is 1. The Morgan fingerprint density at radius 1 is 1.24 bits per heavy atom. The van der Waals surface area contributed by atoms with E-state index in [0.717, 1.165) is 36.9 Å². The van der Waals surface area contributed by atoms with Gasteiger partial charge in [-0.15, -0.1) is 16.4 Å². The molecule has 0 spiro atoms. The van der Waals surface area contributed by atoms with Crippen LogP contribution in [0.4, 0.5) is 9.18 Å². The minimum atomic E-state index is -3.05. The van der Waals surface area contributed by atoms with E-state index in [1.54, 1.807) is 17.8 Å². The third-order valence-corrected chi connectivity index (χ3v) is 11.6. The summed E-state index contributed by atoms with van der Waals surface area (Å²) in [7, 11) is 9.99. The number of rotatable bonds is 20. The van der Waals surface area contributed by atoms with Gasteiger partial charge in [-0.3, -0.25) is 14.4 Å². The second-order valence-corrected chi connectivity index (χ2v) is 15.3. The molecule has 3 heterocycles. The van der Waals surface area contributed by atoms with Gasteiger partial charge < -0.3 is 19.5 Å². The van der Waals surface area contributed by atoms with Gasteiger partial charge in [0.15, 0.2) is 5.78 Å². The van der Waals surface area contributed by atoms with Crippen LogP contribution in [0.2, 0.25) is 5.82 Å². The van der Waals surface area contributed by atoms with Crippen molar-refractivity contribution >= 4 is 37.0 Å². The molecule has 1 saturated heterocycles. The third-order valence-electron chi connectivity index (χ3n) is 10.8. The maximum absolute atomic E-state index is 14.7. The van der Waals surface area contributed by atoms with Crippen LogP contribution in [0, 0.1) is 17.8 Å². The fraction of sp³-hybridized carbons (Fsp3) is 0.765. The van der Waals surface area contributed by atoms with Gasteiger partial charge in [0, 0.05) is 50.3 Å². The van der Waals surface area contributed by atoms with Crippen LogP contribution in [0.3, 0.4) is 0 Å². The number of cyclic esters (lactones) is 1. The van der Waals surface area contributed by atoms with Gasteiger partial charge in [-0.1, -0.05) is 32.9 Å². The topological polar surface area (TPSA) is 140 Å². The SMILES string of the molecule is [B][C@H]([C@H](C)C(=O)[C@](C)(F)C(=O)O)[C@@](C)(C[C@@H](C)CN(C)[C@H](C)[C@H]1N(CCCCn2cc(-c3nccs3)nn2)C(=O)O[C@]1(C)[C@H](C)CC)OC. The number of carbonyl (C=O) groups excluding carboxylic acids is 2. The van der Waals surface area contributed by atoms with Crippen LogP contribution in [0.5, 0.6) is 0 Å². The zero-order valence-electron chi connectivity index (χ0n) is 30.7.